The molecular formula is C35H35NO6. The van der Waals surface area contributed by atoms with Gasteiger partial charge < -0.3 is 19.7 Å². The van der Waals surface area contributed by atoms with E-state index in [2.05, 4.69) is 83.8 Å². The van der Waals surface area contributed by atoms with Gasteiger partial charge in [0.15, 0.2) is 0 Å². The van der Waals surface area contributed by atoms with Gasteiger partial charge in [0.1, 0.15) is 11.5 Å². The van der Waals surface area contributed by atoms with E-state index in [1.54, 1.807) is 0 Å². The number of hydrogen-bond acceptors (Lipinski definition) is 5. The van der Waals surface area contributed by atoms with Gasteiger partial charge in [0.2, 0.25) is 0 Å². The summed E-state index contributed by atoms with van der Waals surface area (Å²) in [6.45, 7) is 2.91. The lowest BCUT2D eigenvalue weighted by molar-refractivity contribution is -0.159. The molecule has 0 spiro atoms. The van der Waals surface area contributed by atoms with E-state index in [0.29, 0.717) is 18.6 Å². The molecule has 7 nitrogen and oxygen atoms in total. The zero-order valence-electron chi connectivity index (χ0n) is 23.3. The third-order valence-corrected chi connectivity index (χ3v) is 7.96. The Hall–Kier alpha value is -4.46. The number of benzene rings is 4. The largest absolute Gasteiger partial charge is 0.473 e. The lowest BCUT2D eigenvalue weighted by Gasteiger charge is -2.53. The Kier molecular flexibility index (Phi) is 9.64. The van der Waals surface area contributed by atoms with Crippen molar-refractivity contribution in [2.75, 3.05) is 13.1 Å². The Labute approximate surface area is 246 Å². The molecule has 3 aliphatic heterocycles. The summed E-state index contributed by atoms with van der Waals surface area (Å²) in [4.78, 5) is 20.9. The van der Waals surface area contributed by atoms with Gasteiger partial charge in [0, 0.05) is 12.0 Å². The predicted molar refractivity (Wildman–Crippen MR) is 160 cm³/mol. The first-order valence-electron chi connectivity index (χ1n) is 14.2. The van der Waals surface area contributed by atoms with Crippen LogP contribution in [0.15, 0.2) is 115 Å². The summed E-state index contributed by atoms with van der Waals surface area (Å²) < 4.78 is 12.9. The second-order valence-electron chi connectivity index (χ2n) is 10.6. The predicted octanol–water partition coefficient (Wildman–Crippen LogP) is 6.45. The van der Waals surface area contributed by atoms with Crippen molar-refractivity contribution in [1.29, 1.82) is 0 Å². The first-order valence-corrected chi connectivity index (χ1v) is 14.2. The number of nitrogens with zero attached hydrogens (tertiary/aromatic N) is 1. The Morgan fingerprint density at radius 1 is 0.714 bits per heavy atom. The fourth-order valence-corrected chi connectivity index (χ4v) is 6.09. The van der Waals surface area contributed by atoms with E-state index in [1.807, 2.05) is 36.4 Å². The van der Waals surface area contributed by atoms with Crippen LogP contribution in [0.3, 0.4) is 0 Å². The van der Waals surface area contributed by atoms with Crippen molar-refractivity contribution in [1.82, 2.24) is 4.90 Å². The van der Waals surface area contributed by atoms with E-state index in [4.69, 9.17) is 29.3 Å². The van der Waals surface area contributed by atoms with Crippen LogP contribution in [0.25, 0.3) is 0 Å². The van der Waals surface area contributed by atoms with Gasteiger partial charge in [-0.2, -0.15) is 0 Å². The highest BCUT2D eigenvalue weighted by molar-refractivity contribution is 6.27. The maximum Gasteiger partial charge on any atom is 0.414 e. The number of para-hydroxylation sites is 1. The highest BCUT2D eigenvalue weighted by Gasteiger charge is 2.47. The second-order valence-corrected chi connectivity index (χ2v) is 10.6. The molecule has 3 fully saturated rings. The third-order valence-electron chi connectivity index (χ3n) is 7.96. The van der Waals surface area contributed by atoms with Crippen LogP contribution in [0.4, 0.5) is 0 Å². The van der Waals surface area contributed by atoms with Crippen LogP contribution in [0.2, 0.25) is 0 Å². The van der Waals surface area contributed by atoms with E-state index < -0.39 is 11.9 Å². The number of carboxylic acid groups (broad SMARTS) is 2. The third kappa shape index (κ3) is 7.24. The fraction of sp³-hybridized carbons (Fsp3) is 0.257. The molecule has 216 valence electrons. The van der Waals surface area contributed by atoms with Gasteiger partial charge in [-0.05, 0) is 72.8 Å². The van der Waals surface area contributed by atoms with Gasteiger partial charge in [0.05, 0.1) is 12.7 Å². The fourth-order valence-electron chi connectivity index (χ4n) is 6.09. The minimum Gasteiger partial charge on any atom is -0.473 e. The molecule has 3 aliphatic rings. The molecule has 7 rings (SSSR count). The topological polar surface area (TPSA) is 96.3 Å². The van der Waals surface area contributed by atoms with E-state index in [9.17, 15) is 0 Å². The zero-order chi connectivity index (χ0) is 29.3. The van der Waals surface area contributed by atoms with Gasteiger partial charge in [-0.1, -0.05) is 91.0 Å². The van der Waals surface area contributed by atoms with Crippen LogP contribution in [0.5, 0.6) is 11.5 Å². The number of hydrogen-bond donors (Lipinski definition) is 2. The summed E-state index contributed by atoms with van der Waals surface area (Å²) in [6, 6.07) is 40.6. The van der Waals surface area contributed by atoms with E-state index in [0.717, 1.165) is 30.2 Å². The van der Waals surface area contributed by atoms with Crippen molar-refractivity contribution in [2.45, 2.75) is 37.5 Å². The van der Waals surface area contributed by atoms with Gasteiger partial charge in [-0.25, -0.2) is 9.59 Å². The minimum atomic E-state index is -1.82. The summed E-state index contributed by atoms with van der Waals surface area (Å²) in [5.74, 6) is -1.07. The minimum absolute atomic E-state index is 0.191. The summed E-state index contributed by atoms with van der Waals surface area (Å²) in [7, 11) is 0. The summed E-state index contributed by atoms with van der Waals surface area (Å²) in [5, 5.41) is 14.8. The molecular weight excluding hydrogens is 530 g/mol. The van der Waals surface area contributed by atoms with Crippen molar-refractivity contribution >= 4 is 11.9 Å². The van der Waals surface area contributed by atoms with E-state index >= 15 is 0 Å². The Balaban J connectivity index is 0.000000535. The molecule has 7 heteroatoms. The highest BCUT2D eigenvalue weighted by Crippen LogP contribution is 2.43. The van der Waals surface area contributed by atoms with Crippen LogP contribution in [0, 0.1) is 5.92 Å². The molecule has 3 heterocycles. The number of fused-ring (bicyclic) bond motifs is 3. The first kappa shape index (κ1) is 29.0. The number of rotatable bonds is 8. The van der Waals surface area contributed by atoms with Gasteiger partial charge in [-0.3, -0.25) is 4.90 Å². The lowest BCUT2D eigenvalue weighted by atomic mass is 9.72. The molecule has 4 aromatic rings. The SMILES string of the molecule is O=C(O)C(=O)O.c1ccc(Oc2cccc(CO[C@H]3C4CCN(CC4)[C@@H]3C(c3ccccc3)c3ccccc3)c2)cc1. The van der Waals surface area contributed by atoms with Crippen molar-refractivity contribution in [3.05, 3.63) is 132 Å². The molecule has 0 aromatic heterocycles. The number of aliphatic carboxylic acids is 2. The van der Waals surface area contributed by atoms with Crippen LogP contribution in [0.1, 0.15) is 35.4 Å². The Morgan fingerprint density at radius 3 is 1.79 bits per heavy atom. The normalized spacial score (nSPS) is 20.8. The van der Waals surface area contributed by atoms with Gasteiger partial charge in [0.25, 0.3) is 0 Å². The molecule has 2 N–H and O–H groups in total. The number of carboxylic acids is 2. The van der Waals surface area contributed by atoms with Crippen LogP contribution in [-0.2, 0) is 20.9 Å². The monoisotopic (exact) mass is 565 g/mol. The molecule has 0 saturated carbocycles. The molecule has 0 amide bonds. The van der Waals surface area contributed by atoms with Crippen LogP contribution >= 0.6 is 0 Å². The summed E-state index contributed by atoms with van der Waals surface area (Å²) in [5.41, 5.74) is 3.89. The molecule has 2 atom stereocenters. The molecule has 42 heavy (non-hydrogen) atoms. The smallest absolute Gasteiger partial charge is 0.414 e. The summed E-state index contributed by atoms with van der Waals surface area (Å²) >= 11 is 0. The molecule has 0 unspecified atom stereocenters. The molecule has 0 radical (unpaired) electrons. The van der Waals surface area contributed by atoms with Gasteiger partial charge >= 0.3 is 11.9 Å². The summed E-state index contributed by atoms with van der Waals surface area (Å²) in [6.07, 6.45) is 2.63. The lowest BCUT2D eigenvalue weighted by Crippen LogP contribution is -2.60. The number of carbonyl (C=O) groups is 2. The van der Waals surface area contributed by atoms with Crippen molar-refractivity contribution in [3.63, 3.8) is 0 Å². The Bertz CT molecular complexity index is 1390. The number of ether oxygens (including phenoxy) is 2. The molecule has 3 saturated heterocycles. The quantitative estimate of drug-likeness (QED) is 0.237. The highest BCUT2D eigenvalue weighted by atomic mass is 16.5. The zero-order valence-corrected chi connectivity index (χ0v) is 23.3. The standard InChI is InChI=1S/C33H33NO2.C2H2O4/c1-4-12-26(13-5-1)31(27-14-6-2-7-15-27)32-33(28-19-21-34(32)22-20-28)35-24-25-11-10-18-30(23-25)36-29-16-8-3-9-17-29;3-1(4)2(5)6/h1-18,23,28,31-33H,19-22,24H2;(H,3,4)(H,5,6)/t32-,33+;/m1./s1. The number of piperidine rings is 3. The van der Waals surface area contributed by atoms with Crippen LogP contribution < -0.4 is 4.74 Å². The van der Waals surface area contributed by atoms with Gasteiger partial charge in [-0.15, -0.1) is 0 Å². The molecule has 0 aliphatic carbocycles. The average Bonchev–Trinajstić information content (AvgIpc) is 3.03. The van der Waals surface area contributed by atoms with Crippen molar-refractivity contribution in [3.8, 4) is 11.5 Å². The molecule has 2 bridgehead atoms. The van der Waals surface area contributed by atoms with Crippen LogP contribution in [-0.4, -0.2) is 52.3 Å². The molecule has 4 aromatic carbocycles. The van der Waals surface area contributed by atoms with Crippen molar-refractivity contribution in [2.24, 2.45) is 5.92 Å². The second kappa shape index (κ2) is 13.9. The average molecular weight is 566 g/mol. The maximum absolute atomic E-state index is 9.10. The van der Waals surface area contributed by atoms with E-state index in [1.165, 1.54) is 24.0 Å². The Morgan fingerprint density at radius 2 is 1.24 bits per heavy atom. The maximum atomic E-state index is 9.10. The van der Waals surface area contributed by atoms with Crippen molar-refractivity contribution < 1.29 is 29.3 Å². The van der Waals surface area contributed by atoms with E-state index in [-0.39, 0.29) is 12.0 Å². The first-order chi connectivity index (χ1) is 20.5.